The second-order valence-corrected chi connectivity index (χ2v) is 14.9. The van der Waals surface area contributed by atoms with Gasteiger partial charge in [-0.15, -0.1) is 0 Å². The lowest BCUT2D eigenvalue weighted by atomic mass is 10.1. The maximum atomic E-state index is 12.7. The van der Waals surface area contributed by atoms with Crippen molar-refractivity contribution in [2.45, 2.75) is 226 Å². The molecule has 0 aromatic carbocycles. The maximum Gasteiger partial charge on any atom is 0.306 e. The summed E-state index contributed by atoms with van der Waals surface area (Å²) < 4.78 is 16.7. The van der Waals surface area contributed by atoms with Gasteiger partial charge < -0.3 is 14.2 Å². The first kappa shape index (κ1) is 51.4. The SMILES string of the molecule is CC/C=C\C/C=C\CCCCCCCC(=O)OC(COC(=O)CCCCC/C=C\CCCCCCCC)COC(=O)CCCCCCC/C=C\CCCC. The molecular formula is C48H84O6. The topological polar surface area (TPSA) is 78.9 Å². The average Bonchev–Trinajstić information content (AvgIpc) is 3.17. The second kappa shape index (κ2) is 43.1. The summed E-state index contributed by atoms with van der Waals surface area (Å²) in [4.78, 5) is 37.7. The van der Waals surface area contributed by atoms with Crippen molar-refractivity contribution in [3.05, 3.63) is 48.6 Å². The normalized spacial score (nSPS) is 12.4. The van der Waals surface area contributed by atoms with E-state index in [0.29, 0.717) is 19.3 Å². The van der Waals surface area contributed by atoms with Crippen molar-refractivity contribution < 1.29 is 28.6 Å². The molecule has 54 heavy (non-hydrogen) atoms. The van der Waals surface area contributed by atoms with Gasteiger partial charge in [-0.3, -0.25) is 14.4 Å². The molecule has 312 valence electrons. The highest BCUT2D eigenvalue weighted by atomic mass is 16.6. The van der Waals surface area contributed by atoms with Crippen LogP contribution in [0.5, 0.6) is 0 Å². The molecule has 6 heteroatoms. The zero-order valence-corrected chi connectivity index (χ0v) is 35.5. The smallest absolute Gasteiger partial charge is 0.306 e. The number of esters is 3. The molecule has 0 aromatic rings. The summed E-state index contributed by atoms with van der Waals surface area (Å²) in [7, 11) is 0. The number of allylic oxidation sites excluding steroid dienone is 8. The zero-order valence-electron chi connectivity index (χ0n) is 35.5. The van der Waals surface area contributed by atoms with E-state index < -0.39 is 6.10 Å². The average molecular weight is 757 g/mol. The van der Waals surface area contributed by atoms with Crippen LogP contribution in [0.1, 0.15) is 220 Å². The zero-order chi connectivity index (χ0) is 39.4. The highest BCUT2D eigenvalue weighted by molar-refractivity contribution is 5.71. The first-order chi connectivity index (χ1) is 26.5. The Bertz CT molecular complexity index is 964. The summed E-state index contributed by atoms with van der Waals surface area (Å²) in [5, 5.41) is 0. The molecule has 0 saturated heterocycles. The van der Waals surface area contributed by atoms with E-state index in [9.17, 15) is 14.4 Å². The fourth-order valence-electron chi connectivity index (χ4n) is 6.10. The van der Waals surface area contributed by atoms with E-state index in [1.54, 1.807) is 0 Å². The minimum atomic E-state index is -0.786. The van der Waals surface area contributed by atoms with Crippen LogP contribution in [0.25, 0.3) is 0 Å². The highest BCUT2D eigenvalue weighted by Crippen LogP contribution is 2.13. The Kier molecular flexibility index (Phi) is 41.0. The molecule has 0 bridgehead atoms. The number of hydrogen-bond acceptors (Lipinski definition) is 6. The van der Waals surface area contributed by atoms with Crippen LogP contribution in [0.3, 0.4) is 0 Å². The van der Waals surface area contributed by atoms with Crippen molar-refractivity contribution in [3.8, 4) is 0 Å². The van der Waals surface area contributed by atoms with Gasteiger partial charge in [-0.25, -0.2) is 0 Å². The highest BCUT2D eigenvalue weighted by Gasteiger charge is 2.19. The van der Waals surface area contributed by atoms with E-state index in [1.165, 1.54) is 70.6 Å². The predicted octanol–water partition coefficient (Wildman–Crippen LogP) is 14.4. The van der Waals surface area contributed by atoms with Crippen molar-refractivity contribution in [2.75, 3.05) is 13.2 Å². The molecule has 0 heterocycles. The molecule has 1 unspecified atom stereocenters. The van der Waals surface area contributed by atoms with E-state index in [-0.39, 0.29) is 31.1 Å². The molecule has 0 aliphatic heterocycles. The summed E-state index contributed by atoms with van der Waals surface area (Å²) >= 11 is 0. The van der Waals surface area contributed by atoms with Gasteiger partial charge >= 0.3 is 17.9 Å². The monoisotopic (exact) mass is 757 g/mol. The van der Waals surface area contributed by atoms with Gasteiger partial charge in [0.25, 0.3) is 0 Å². The van der Waals surface area contributed by atoms with Crippen LogP contribution >= 0.6 is 0 Å². The summed E-state index contributed by atoms with van der Waals surface area (Å²) in [5.41, 5.74) is 0. The minimum Gasteiger partial charge on any atom is -0.462 e. The molecule has 6 nitrogen and oxygen atoms in total. The molecule has 1 atom stereocenters. The van der Waals surface area contributed by atoms with Crippen LogP contribution in [0.4, 0.5) is 0 Å². The Hall–Kier alpha value is -2.63. The number of ether oxygens (including phenoxy) is 3. The van der Waals surface area contributed by atoms with E-state index in [4.69, 9.17) is 14.2 Å². The largest absolute Gasteiger partial charge is 0.462 e. The van der Waals surface area contributed by atoms with Crippen LogP contribution in [0.2, 0.25) is 0 Å². The fraction of sp³-hybridized carbons (Fsp3) is 0.771. The van der Waals surface area contributed by atoms with E-state index in [1.807, 2.05) is 0 Å². The molecule has 0 N–H and O–H groups in total. The molecule has 0 amide bonds. The van der Waals surface area contributed by atoms with Gasteiger partial charge in [-0.05, 0) is 89.9 Å². The third kappa shape index (κ3) is 40.6. The number of unbranched alkanes of at least 4 members (excludes halogenated alkanes) is 21. The quantitative estimate of drug-likeness (QED) is 0.0268. The third-order valence-electron chi connectivity index (χ3n) is 9.54. The minimum absolute atomic E-state index is 0.0882. The standard InChI is InChI=1S/C48H84O6/c1-4-7-10-13-16-19-22-24-27-29-32-35-38-41-47(50)53-44-45(43-52-46(49)40-37-34-31-28-25-21-18-15-12-9-6-3)54-48(51)42-39-36-33-30-26-23-20-17-14-11-8-5-2/h8,11,15,17-18,20,24,27,45H,4-7,9-10,12-14,16,19,21-23,25-26,28-44H2,1-3H3/b11-8-,18-15-,20-17-,27-24-. The predicted molar refractivity (Wildman–Crippen MR) is 229 cm³/mol. The summed E-state index contributed by atoms with van der Waals surface area (Å²) in [5.74, 6) is -0.931. The number of rotatable bonds is 40. The van der Waals surface area contributed by atoms with Crippen molar-refractivity contribution in [2.24, 2.45) is 0 Å². The van der Waals surface area contributed by atoms with Crippen LogP contribution in [0.15, 0.2) is 48.6 Å². The molecule has 0 radical (unpaired) electrons. The summed E-state index contributed by atoms with van der Waals surface area (Å²) in [6.45, 7) is 6.43. The number of carbonyl (C=O) groups excluding carboxylic acids is 3. The van der Waals surface area contributed by atoms with Gasteiger partial charge in [0.2, 0.25) is 0 Å². The van der Waals surface area contributed by atoms with E-state index in [0.717, 1.165) is 109 Å². The van der Waals surface area contributed by atoms with Gasteiger partial charge in [0, 0.05) is 19.3 Å². The first-order valence-electron chi connectivity index (χ1n) is 22.6. The van der Waals surface area contributed by atoms with Gasteiger partial charge in [-0.1, -0.05) is 159 Å². The summed E-state index contributed by atoms with van der Waals surface area (Å²) in [6, 6.07) is 0. The van der Waals surface area contributed by atoms with Crippen LogP contribution in [0, 0.1) is 0 Å². The van der Waals surface area contributed by atoms with E-state index in [2.05, 4.69) is 69.4 Å². The maximum absolute atomic E-state index is 12.7. The van der Waals surface area contributed by atoms with E-state index >= 15 is 0 Å². The Labute approximate surface area is 333 Å². The molecular weight excluding hydrogens is 673 g/mol. The summed E-state index contributed by atoms with van der Waals surface area (Å²) in [6.07, 6.45) is 49.5. The van der Waals surface area contributed by atoms with Gasteiger partial charge in [-0.2, -0.15) is 0 Å². The Morgan fingerprint density at radius 2 is 0.741 bits per heavy atom. The molecule has 0 aliphatic carbocycles. The fourth-order valence-corrected chi connectivity index (χ4v) is 6.10. The molecule has 0 fully saturated rings. The van der Waals surface area contributed by atoms with Crippen molar-refractivity contribution in [1.82, 2.24) is 0 Å². The van der Waals surface area contributed by atoms with Gasteiger partial charge in [0.05, 0.1) is 0 Å². The lowest BCUT2D eigenvalue weighted by Gasteiger charge is -2.18. The second-order valence-electron chi connectivity index (χ2n) is 14.9. The lowest BCUT2D eigenvalue weighted by Crippen LogP contribution is -2.30. The first-order valence-corrected chi connectivity index (χ1v) is 22.6. The van der Waals surface area contributed by atoms with Crippen LogP contribution in [-0.4, -0.2) is 37.2 Å². The number of carbonyl (C=O) groups is 3. The molecule has 0 saturated carbocycles. The van der Waals surface area contributed by atoms with Crippen molar-refractivity contribution in [3.63, 3.8) is 0 Å². The Morgan fingerprint density at radius 1 is 0.389 bits per heavy atom. The van der Waals surface area contributed by atoms with Gasteiger partial charge in [0.15, 0.2) is 6.10 Å². The van der Waals surface area contributed by atoms with Gasteiger partial charge in [0.1, 0.15) is 13.2 Å². The van der Waals surface area contributed by atoms with Crippen molar-refractivity contribution >= 4 is 17.9 Å². The van der Waals surface area contributed by atoms with Crippen LogP contribution < -0.4 is 0 Å². The van der Waals surface area contributed by atoms with Crippen molar-refractivity contribution in [1.29, 1.82) is 0 Å². The lowest BCUT2D eigenvalue weighted by molar-refractivity contribution is -0.167. The molecule has 0 aliphatic rings. The Balaban J connectivity index is 4.42. The Morgan fingerprint density at radius 3 is 1.20 bits per heavy atom. The molecule has 0 spiro atoms. The third-order valence-corrected chi connectivity index (χ3v) is 9.54. The molecule has 0 rings (SSSR count). The van der Waals surface area contributed by atoms with Crippen LogP contribution in [-0.2, 0) is 28.6 Å². The molecule has 0 aromatic heterocycles. The number of hydrogen-bond donors (Lipinski definition) is 0.